The summed E-state index contributed by atoms with van der Waals surface area (Å²) in [4.78, 5) is 18.8. The van der Waals surface area contributed by atoms with Crippen LogP contribution in [0.1, 0.15) is 41.5 Å². The number of hydrogen-bond acceptors (Lipinski definition) is 4. The number of amides is 1. The van der Waals surface area contributed by atoms with Crippen LogP contribution in [0.25, 0.3) is 11.4 Å². The van der Waals surface area contributed by atoms with Crippen LogP contribution >= 0.6 is 11.6 Å². The van der Waals surface area contributed by atoms with Gasteiger partial charge in [0, 0.05) is 23.6 Å². The van der Waals surface area contributed by atoms with Gasteiger partial charge in [0.15, 0.2) is 0 Å². The first-order valence-corrected chi connectivity index (χ1v) is 9.34. The lowest BCUT2D eigenvalue weighted by atomic mass is 10.1. The van der Waals surface area contributed by atoms with Gasteiger partial charge in [-0.3, -0.25) is 4.79 Å². The van der Waals surface area contributed by atoms with E-state index in [-0.39, 0.29) is 11.9 Å². The summed E-state index contributed by atoms with van der Waals surface area (Å²) in [6, 6.07) is 13.5. The minimum Gasteiger partial charge on any atom is -0.337 e. The second-order valence-electron chi connectivity index (χ2n) is 6.98. The van der Waals surface area contributed by atoms with E-state index in [9.17, 15) is 4.79 Å². The van der Waals surface area contributed by atoms with Gasteiger partial charge in [0.1, 0.15) is 6.04 Å². The largest absolute Gasteiger partial charge is 0.337 e. The minimum absolute atomic E-state index is 0.0983. The Balaban J connectivity index is 1.59. The van der Waals surface area contributed by atoms with Crippen LogP contribution in [0.5, 0.6) is 0 Å². The van der Waals surface area contributed by atoms with Crippen molar-refractivity contribution in [2.24, 2.45) is 0 Å². The van der Waals surface area contributed by atoms with E-state index < -0.39 is 0 Å². The molecule has 1 aliphatic rings. The van der Waals surface area contributed by atoms with Crippen molar-refractivity contribution in [2.45, 2.75) is 39.3 Å². The lowest BCUT2D eigenvalue weighted by Crippen LogP contribution is -2.27. The molecule has 27 heavy (non-hydrogen) atoms. The first kappa shape index (κ1) is 17.7. The highest BCUT2D eigenvalue weighted by atomic mass is 35.5. The van der Waals surface area contributed by atoms with Gasteiger partial charge in [0.25, 0.3) is 0 Å². The Labute approximate surface area is 163 Å². The molecule has 1 saturated heterocycles. The topological polar surface area (TPSA) is 59.2 Å². The second kappa shape index (κ2) is 7.16. The Morgan fingerprint density at radius 1 is 1.19 bits per heavy atom. The zero-order valence-corrected chi connectivity index (χ0v) is 16.0. The average Bonchev–Trinajstić information content (AvgIpc) is 3.24. The summed E-state index contributed by atoms with van der Waals surface area (Å²) in [5.41, 5.74) is 4.26. The lowest BCUT2D eigenvalue weighted by Gasteiger charge is -2.22. The minimum atomic E-state index is -0.194. The quantitative estimate of drug-likeness (QED) is 0.646. The molecule has 1 aromatic heterocycles. The molecule has 0 saturated carbocycles. The van der Waals surface area contributed by atoms with Crippen molar-refractivity contribution in [1.82, 2.24) is 15.0 Å². The van der Waals surface area contributed by atoms with E-state index in [4.69, 9.17) is 16.1 Å². The number of hydrogen-bond donors (Lipinski definition) is 0. The van der Waals surface area contributed by atoms with Crippen LogP contribution in [0.3, 0.4) is 0 Å². The van der Waals surface area contributed by atoms with Gasteiger partial charge in [-0.15, -0.1) is 0 Å². The molecule has 0 bridgehead atoms. The van der Waals surface area contributed by atoms with Gasteiger partial charge in [-0.1, -0.05) is 52.7 Å². The molecule has 0 aliphatic carbocycles. The van der Waals surface area contributed by atoms with Gasteiger partial charge in [0.05, 0.1) is 0 Å². The molecule has 6 heteroatoms. The van der Waals surface area contributed by atoms with Crippen molar-refractivity contribution in [3.05, 3.63) is 70.1 Å². The van der Waals surface area contributed by atoms with E-state index in [0.717, 1.165) is 16.7 Å². The van der Waals surface area contributed by atoms with Crippen LogP contribution in [0.15, 0.2) is 47.0 Å². The number of rotatable bonds is 4. The van der Waals surface area contributed by atoms with Gasteiger partial charge in [-0.25, -0.2) is 0 Å². The predicted molar refractivity (Wildman–Crippen MR) is 103 cm³/mol. The first-order chi connectivity index (χ1) is 13.0. The lowest BCUT2D eigenvalue weighted by molar-refractivity contribution is -0.129. The molecule has 0 spiro atoms. The summed E-state index contributed by atoms with van der Waals surface area (Å²) in [7, 11) is 0. The van der Waals surface area contributed by atoms with Crippen LogP contribution in [0, 0.1) is 13.8 Å². The zero-order chi connectivity index (χ0) is 19.0. The van der Waals surface area contributed by atoms with Gasteiger partial charge in [-0.05, 0) is 43.5 Å². The molecule has 2 heterocycles. The number of aromatic nitrogens is 2. The summed E-state index contributed by atoms with van der Waals surface area (Å²) in [5.74, 6) is 1.15. The second-order valence-corrected chi connectivity index (χ2v) is 7.41. The van der Waals surface area contributed by atoms with E-state index in [1.807, 2.05) is 48.2 Å². The molecule has 2 aromatic carbocycles. The fourth-order valence-electron chi connectivity index (χ4n) is 3.52. The number of likely N-dealkylation sites (tertiary alicyclic amines) is 1. The molecular formula is C21H20ClN3O2. The Bertz CT molecular complexity index is 981. The van der Waals surface area contributed by atoms with Gasteiger partial charge >= 0.3 is 0 Å². The highest BCUT2D eigenvalue weighted by Crippen LogP contribution is 2.34. The normalized spacial score (nSPS) is 16.9. The predicted octanol–water partition coefficient (Wildman–Crippen LogP) is 4.87. The fourth-order valence-corrected chi connectivity index (χ4v) is 3.65. The van der Waals surface area contributed by atoms with Gasteiger partial charge in [-0.2, -0.15) is 4.98 Å². The molecular weight excluding hydrogens is 362 g/mol. The van der Waals surface area contributed by atoms with E-state index in [0.29, 0.717) is 36.1 Å². The molecule has 1 amide bonds. The Kier molecular flexibility index (Phi) is 4.70. The molecule has 138 valence electrons. The number of benzene rings is 2. The van der Waals surface area contributed by atoms with Crippen LogP contribution in [-0.4, -0.2) is 20.9 Å². The molecule has 1 aliphatic heterocycles. The summed E-state index contributed by atoms with van der Waals surface area (Å²) >= 11 is 5.95. The monoisotopic (exact) mass is 381 g/mol. The molecule has 5 nitrogen and oxygen atoms in total. The molecule has 1 atom stereocenters. The third-order valence-electron chi connectivity index (χ3n) is 4.94. The smallest absolute Gasteiger partial charge is 0.249 e. The van der Waals surface area contributed by atoms with Crippen molar-refractivity contribution in [3.8, 4) is 11.4 Å². The van der Waals surface area contributed by atoms with Gasteiger partial charge in [0.2, 0.25) is 17.6 Å². The van der Waals surface area contributed by atoms with E-state index >= 15 is 0 Å². The molecule has 1 unspecified atom stereocenters. The maximum Gasteiger partial charge on any atom is 0.249 e. The number of carbonyl (C=O) groups excluding carboxylic acids is 1. The summed E-state index contributed by atoms with van der Waals surface area (Å²) in [6.45, 7) is 4.59. The van der Waals surface area contributed by atoms with E-state index in [1.165, 1.54) is 5.56 Å². The van der Waals surface area contributed by atoms with Crippen LogP contribution in [0.4, 0.5) is 0 Å². The summed E-state index contributed by atoms with van der Waals surface area (Å²) in [6.07, 6.45) is 1.17. The summed E-state index contributed by atoms with van der Waals surface area (Å²) in [5, 5.41) is 4.84. The van der Waals surface area contributed by atoms with E-state index in [1.54, 1.807) is 0 Å². The number of nitrogens with zero attached hydrogens (tertiary/aromatic N) is 3. The standard InChI is InChI=1S/C21H20ClN3O2/c1-13-3-8-17(14(2)11-13)20-23-21(27-24-20)18-9-10-19(26)25(18)12-15-4-6-16(22)7-5-15/h3-8,11,18H,9-10,12H2,1-2H3. The molecule has 0 radical (unpaired) electrons. The van der Waals surface area contributed by atoms with Crippen molar-refractivity contribution >= 4 is 17.5 Å². The first-order valence-electron chi connectivity index (χ1n) is 8.96. The number of aryl methyl sites for hydroxylation is 2. The molecule has 1 fully saturated rings. The van der Waals surface area contributed by atoms with Crippen molar-refractivity contribution in [1.29, 1.82) is 0 Å². The Morgan fingerprint density at radius 2 is 1.96 bits per heavy atom. The van der Waals surface area contributed by atoms with Crippen LogP contribution < -0.4 is 0 Å². The Hall–Kier alpha value is -2.66. The van der Waals surface area contributed by atoms with Crippen molar-refractivity contribution < 1.29 is 9.32 Å². The molecule has 0 N–H and O–H groups in total. The highest BCUT2D eigenvalue weighted by Gasteiger charge is 2.36. The number of halogens is 1. The SMILES string of the molecule is Cc1ccc(-c2noc(C3CCC(=O)N3Cc3ccc(Cl)cc3)n2)c(C)c1. The molecule has 3 aromatic rings. The maximum atomic E-state index is 12.4. The van der Waals surface area contributed by atoms with Gasteiger partial charge < -0.3 is 9.42 Å². The van der Waals surface area contributed by atoms with E-state index in [2.05, 4.69) is 23.1 Å². The average molecular weight is 382 g/mol. The summed E-state index contributed by atoms with van der Waals surface area (Å²) < 4.78 is 5.55. The zero-order valence-electron chi connectivity index (χ0n) is 15.3. The third kappa shape index (κ3) is 3.60. The molecule has 4 rings (SSSR count). The number of carbonyl (C=O) groups is 1. The van der Waals surface area contributed by atoms with Crippen LogP contribution in [0.2, 0.25) is 5.02 Å². The van der Waals surface area contributed by atoms with Crippen LogP contribution in [-0.2, 0) is 11.3 Å². The Morgan fingerprint density at radius 3 is 2.70 bits per heavy atom. The fraction of sp³-hybridized carbons (Fsp3) is 0.286. The van der Waals surface area contributed by atoms with Crippen molar-refractivity contribution in [2.75, 3.05) is 0 Å². The maximum absolute atomic E-state index is 12.4. The highest BCUT2D eigenvalue weighted by molar-refractivity contribution is 6.30. The third-order valence-corrected chi connectivity index (χ3v) is 5.20. The van der Waals surface area contributed by atoms with Crippen molar-refractivity contribution in [3.63, 3.8) is 0 Å².